The molecule has 0 aromatic heterocycles. The number of hydrogen-bond donors (Lipinski definition) is 1. The first kappa shape index (κ1) is 11.3. The Morgan fingerprint density at radius 2 is 2.00 bits per heavy atom. The highest BCUT2D eigenvalue weighted by molar-refractivity contribution is 6.50. The maximum Gasteiger partial charge on any atom is 0.173 e. The Morgan fingerprint density at radius 1 is 1.29 bits per heavy atom. The Hall–Kier alpha value is -0.803. The topological polar surface area (TPSA) is 21.3 Å². The van der Waals surface area contributed by atoms with Crippen LogP contribution in [-0.4, -0.2) is 22.7 Å². The Labute approximate surface area is 88.0 Å². The summed E-state index contributed by atoms with van der Waals surface area (Å²) in [6.45, 7) is 3.28. The van der Waals surface area contributed by atoms with E-state index in [1.807, 2.05) is 13.2 Å². The van der Waals surface area contributed by atoms with Crippen molar-refractivity contribution in [1.82, 2.24) is 0 Å². The van der Waals surface area contributed by atoms with Crippen LogP contribution in [0.4, 0.5) is 5.69 Å². The van der Waals surface area contributed by atoms with Crippen LogP contribution in [0, 0.1) is 0 Å². The normalized spacial score (nSPS) is 12.4. The van der Waals surface area contributed by atoms with Crippen LogP contribution >= 0.6 is 0 Å². The maximum atomic E-state index is 5.31. The van der Waals surface area contributed by atoms with Crippen molar-refractivity contribution in [1.29, 1.82) is 0 Å². The van der Waals surface area contributed by atoms with Crippen LogP contribution in [0.3, 0.4) is 0 Å². The first-order chi connectivity index (χ1) is 6.83. The van der Waals surface area contributed by atoms with Crippen molar-refractivity contribution in [2.75, 3.05) is 19.0 Å². The molecule has 0 aliphatic rings. The van der Waals surface area contributed by atoms with Gasteiger partial charge in [0.05, 0.1) is 0 Å². The molecular weight excluding hydrogens is 190 g/mol. The second-order valence-corrected chi connectivity index (χ2v) is 6.15. The molecule has 0 spiro atoms. The molecule has 0 saturated carbocycles. The molecule has 1 aromatic carbocycles. The van der Waals surface area contributed by atoms with Crippen LogP contribution < -0.4 is 5.32 Å². The van der Waals surface area contributed by atoms with Crippen molar-refractivity contribution in [3.05, 3.63) is 30.3 Å². The molecule has 0 radical (unpaired) electrons. The lowest BCUT2D eigenvalue weighted by atomic mass is 10.3. The van der Waals surface area contributed by atoms with Crippen LogP contribution in [-0.2, 0) is 4.43 Å². The zero-order valence-electron chi connectivity index (χ0n) is 8.99. The fraction of sp³-hybridized carbons (Fsp3) is 0.455. The molecule has 2 nitrogen and oxygen atoms in total. The summed E-state index contributed by atoms with van der Waals surface area (Å²) >= 11 is 0. The van der Waals surface area contributed by atoms with E-state index in [4.69, 9.17) is 4.43 Å². The molecule has 0 amide bonds. The Morgan fingerprint density at radius 3 is 2.64 bits per heavy atom. The molecule has 1 N–H and O–H groups in total. The minimum Gasteiger partial charge on any atom is -0.423 e. The highest BCUT2D eigenvalue weighted by atomic mass is 28.3. The second kappa shape index (κ2) is 6.62. The van der Waals surface area contributed by atoms with Crippen molar-refractivity contribution in [3.63, 3.8) is 0 Å². The Balaban J connectivity index is 2.10. The summed E-state index contributed by atoms with van der Waals surface area (Å²) in [7, 11) is 0.974. The molecule has 0 fully saturated rings. The van der Waals surface area contributed by atoms with Gasteiger partial charge in [0.1, 0.15) is 0 Å². The van der Waals surface area contributed by atoms with E-state index in [-0.39, 0.29) is 0 Å². The summed E-state index contributed by atoms with van der Waals surface area (Å²) < 4.78 is 5.31. The van der Waals surface area contributed by atoms with E-state index in [1.165, 1.54) is 18.2 Å². The number of benzene rings is 1. The van der Waals surface area contributed by atoms with E-state index in [1.54, 1.807) is 0 Å². The molecule has 3 heteroatoms. The second-order valence-electron chi connectivity index (χ2n) is 3.48. The third-order valence-corrected chi connectivity index (χ3v) is 4.32. The Kier molecular flexibility index (Phi) is 5.33. The van der Waals surface area contributed by atoms with E-state index in [0.717, 1.165) is 6.54 Å². The van der Waals surface area contributed by atoms with Gasteiger partial charge in [-0.05, 0) is 31.1 Å². The molecule has 14 heavy (non-hydrogen) atoms. The number of hydrogen-bond acceptors (Lipinski definition) is 2. The van der Waals surface area contributed by atoms with E-state index in [0.29, 0.717) is 0 Å². The average Bonchev–Trinajstić information content (AvgIpc) is 2.25. The summed E-state index contributed by atoms with van der Waals surface area (Å²) in [5.41, 5.74) is 1.21. The molecule has 0 bridgehead atoms. The molecule has 78 valence electrons. The van der Waals surface area contributed by atoms with Crippen molar-refractivity contribution >= 4 is 14.7 Å². The fourth-order valence-electron chi connectivity index (χ4n) is 1.30. The fourth-order valence-corrected chi connectivity index (χ4v) is 2.31. The molecule has 1 rings (SSSR count). The SMILES string of the molecule is CO[SiH](C)CCCNc1ccccc1. The number of nitrogens with one attached hydrogen (secondary N) is 1. The van der Waals surface area contributed by atoms with Gasteiger partial charge in [-0.25, -0.2) is 0 Å². The van der Waals surface area contributed by atoms with Gasteiger partial charge in [0.25, 0.3) is 0 Å². The van der Waals surface area contributed by atoms with Crippen LogP contribution in [0.2, 0.25) is 12.6 Å². The average molecular weight is 209 g/mol. The number of anilines is 1. The molecule has 1 unspecified atom stereocenters. The van der Waals surface area contributed by atoms with Crippen molar-refractivity contribution in [2.45, 2.75) is 19.0 Å². The maximum absolute atomic E-state index is 5.31. The monoisotopic (exact) mass is 209 g/mol. The highest BCUT2D eigenvalue weighted by Gasteiger charge is 2.00. The molecule has 1 atom stereocenters. The van der Waals surface area contributed by atoms with Gasteiger partial charge < -0.3 is 9.74 Å². The van der Waals surface area contributed by atoms with E-state index in [2.05, 4.69) is 36.1 Å². The van der Waals surface area contributed by atoms with Crippen LogP contribution in [0.5, 0.6) is 0 Å². The summed E-state index contributed by atoms with van der Waals surface area (Å²) in [6, 6.07) is 11.6. The molecular formula is C11H19NOSi. The van der Waals surface area contributed by atoms with Crippen molar-refractivity contribution in [2.24, 2.45) is 0 Å². The third kappa shape index (κ3) is 4.44. The largest absolute Gasteiger partial charge is 0.423 e. The van der Waals surface area contributed by atoms with E-state index in [9.17, 15) is 0 Å². The lowest BCUT2D eigenvalue weighted by Crippen LogP contribution is -2.12. The first-order valence-corrected chi connectivity index (χ1v) is 7.59. The van der Waals surface area contributed by atoms with Gasteiger partial charge in [0.15, 0.2) is 9.04 Å². The van der Waals surface area contributed by atoms with E-state index < -0.39 is 9.04 Å². The van der Waals surface area contributed by atoms with E-state index >= 15 is 0 Å². The van der Waals surface area contributed by atoms with Gasteiger partial charge in [-0.2, -0.15) is 0 Å². The zero-order chi connectivity index (χ0) is 10.2. The quantitative estimate of drug-likeness (QED) is 0.574. The molecule has 0 heterocycles. The first-order valence-electron chi connectivity index (χ1n) is 5.14. The number of rotatable bonds is 6. The van der Waals surface area contributed by atoms with Gasteiger partial charge in [0.2, 0.25) is 0 Å². The van der Waals surface area contributed by atoms with Gasteiger partial charge in [-0.1, -0.05) is 18.2 Å². The highest BCUT2D eigenvalue weighted by Crippen LogP contribution is 2.05. The minimum absolute atomic E-state index is 0.847. The van der Waals surface area contributed by atoms with Gasteiger partial charge in [-0.15, -0.1) is 0 Å². The summed E-state index contributed by atoms with van der Waals surface area (Å²) in [6.07, 6.45) is 1.20. The van der Waals surface area contributed by atoms with Gasteiger partial charge in [0, 0.05) is 19.3 Å². The third-order valence-electron chi connectivity index (χ3n) is 2.29. The molecule has 0 saturated heterocycles. The van der Waals surface area contributed by atoms with Crippen molar-refractivity contribution < 1.29 is 4.43 Å². The number of para-hydroxylation sites is 1. The van der Waals surface area contributed by atoms with Crippen LogP contribution in [0.1, 0.15) is 6.42 Å². The smallest absolute Gasteiger partial charge is 0.173 e. The van der Waals surface area contributed by atoms with Crippen LogP contribution in [0.15, 0.2) is 30.3 Å². The zero-order valence-corrected chi connectivity index (χ0v) is 10.1. The van der Waals surface area contributed by atoms with Crippen molar-refractivity contribution in [3.8, 4) is 0 Å². The lowest BCUT2D eigenvalue weighted by molar-refractivity contribution is 0.423. The lowest BCUT2D eigenvalue weighted by Gasteiger charge is -2.08. The van der Waals surface area contributed by atoms with Gasteiger partial charge >= 0.3 is 0 Å². The predicted molar refractivity (Wildman–Crippen MR) is 64.4 cm³/mol. The van der Waals surface area contributed by atoms with Crippen LogP contribution in [0.25, 0.3) is 0 Å². The summed E-state index contributed by atoms with van der Waals surface area (Å²) in [5, 5.41) is 3.39. The molecule has 0 aliphatic heterocycles. The minimum atomic E-state index is -0.847. The van der Waals surface area contributed by atoms with Gasteiger partial charge in [-0.3, -0.25) is 0 Å². The predicted octanol–water partition coefficient (Wildman–Crippen LogP) is 2.49. The molecule has 0 aliphatic carbocycles. The standard InChI is InChI=1S/C11H19NOSi/c1-13-14(2)10-6-9-12-11-7-4-3-5-8-11/h3-5,7-8,12,14H,6,9-10H2,1-2H3. The summed E-state index contributed by atoms with van der Waals surface area (Å²) in [4.78, 5) is 0. The Bertz CT molecular complexity index is 240. The molecule has 1 aromatic rings. The summed E-state index contributed by atoms with van der Waals surface area (Å²) in [5.74, 6) is 0.